The van der Waals surface area contributed by atoms with Crippen molar-refractivity contribution in [3.05, 3.63) is 0 Å². The van der Waals surface area contributed by atoms with Gasteiger partial charge in [0.1, 0.15) is 0 Å². The van der Waals surface area contributed by atoms with Crippen molar-refractivity contribution in [2.75, 3.05) is 6.54 Å². The molecule has 1 aliphatic rings. The van der Waals surface area contributed by atoms with E-state index in [0.717, 1.165) is 12.8 Å². The quantitative estimate of drug-likeness (QED) is 0.706. The highest BCUT2D eigenvalue weighted by atomic mass is 16.4. The summed E-state index contributed by atoms with van der Waals surface area (Å²) in [7, 11) is 0. The fourth-order valence-corrected chi connectivity index (χ4v) is 2.36. The topological polar surface area (TPSA) is 92.4 Å². The van der Waals surface area contributed by atoms with Gasteiger partial charge in [0.05, 0.1) is 5.41 Å². The zero-order valence-corrected chi connectivity index (χ0v) is 12.2. The number of rotatable bonds is 5. The molecule has 1 atom stereocenters. The standard InChI is InChI=1S/C14H26N2O3/c1-13(2,3)10(15)8-11(17)16-9-14(12(18)19)6-4-5-7-14/h10H,4-9,15H2,1-3H3,(H,16,17)(H,18,19). The fourth-order valence-electron chi connectivity index (χ4n) is 2.36. The van der Waals surface area contributed by atoms with Crippen molar-refractivity contribution < 1.29 is 14.7 Å². The maximum atomic E-state index is 11.8. The molecule has 0 spiro atoms. The third-order valence-corrected chi connectivity index (χ3v) is 4.16. The molecule has 0 radical (unpaired) electrons. The van der Waals surface area contributed by atoms with Crippen molar-refractivity contribution in [3.63, 3.8) is 0 Å². The maximum absolute atomic E-state index is 11.8. The molecular weight excluding hydrogens is 244 g/mol. The van der Waals surface area contributed by atoms with Gasteiger partial charge < -0.3 is 16.2 Å². The first-order valence-corrected chi connectivity index (χ1v) is 6.93. The Bertz CT molecular complexity index is 341. The van der Waals surface area contributed by atoms with Crippen molar-refractivity contribution in [3.8, 4) is 0 Å². The predicted octanol–water partition coefficient (Wildman–Crippen LogP) is 1.51. The Morgan fingerprint density at radius 3 is 2.26 bits per heavy atom. The zero-order valence-electron chi connectivity index (χ0n) is 12.2. The van der Waals surface area contributed by atoms with Gasteiger partial charge in [-0.2, -0.15) is 0 Å². The Morgan fingerprint density at radius 1 is 1.32 bits per heavy atom. The second-order valence-electron chi connectivity index (χ2n) is 6.75. The van der Waals surface area contributed by atoms with E-state index < -0.39 is 11.4 Å². The summed E-state index contributed by atoms with van der Waals surface area (Å²) in [5.41, 5.74) is 5.06. The molecule has 4 N–H and O–H groups in total. The molecule has 1 aliphatic carbocycles. The number of carbonyl (C=O) groups is 2. The van der Waals surface area contributed by atoms with Crippen molar-refractivity contribution in [1.82, 2.24) is 5.32 Å². The Hall–Kier alpha value is -1.10. The second-order valence-corrected chi connectivity index (χ2v) is 6.75. The van der Waals surface area contributed by atoms with Gasteiger partial charge in [-0.25, -0.2) is 0 Å². The first-order chi connectivity index (χ1) is 8.67. The number of hydrogen-bond donors (Lipinski definition) is 3. The number of carboxylic acids is 1. The zero-order chi connectivity index (χ0) is 14.7. The summed E-state index contributed by atoms with van der Waals surface area (Å²) in [6.07, 6.45) is 3.37. The molecular formula is C14H26N2O3. The third-order valence-electron chi connectivity index (χ3n) is 4.16. The van der Waals surface area contributed by atoms with E-state index in [9.17, 15) is 14.7 Å². The summed E-state index contributed by atoms with van der Waals surface area (Å²) in [4.78, 5) is 23.2. The van der Waals surface area contributed by atoms with Crippen LogP contribution < -0.4 is 11.1 Å². The number of amides is 1. The van der Waals surface area contributed by atoms with Crippen LogP contribution in [0.3, 0.4) is 0 Å². The SMILES string of the molecule is CC(C)(C)C(N)CC(=O)NCC1(C(=O)O)CCCC1. The molecule has 0 aliphatic heterocycles. The largest absolute Gasteiger partial charge is 0.481 e. The van der Waals surface area contributed by atoms with Crippen molar-refractivity contribution in [2.24, 2.45) is 16.6 Å². The molecule has 5 heteroatoms. The first kappa shape index (κ1) is 16.0. The number of carboxylic acid groups (broad SMARTS) is 1. The van der Waals surface area contributed by atoms with Gasteiger partial charge in [0, 0.05) is 19.0 Å². The van der Waals surface area contributed by atoms with Crippen molar-refractivity contribution in [2.45, 2.75) is 58.9 Å². The molecule has 1 fully saturated rings. The van der Waals surface area contributed by atoms with Gasteiger partial charge >= 0.3 is 5.97 Å². The highest BCUT2D eigenvalue weighted by Gasteiger charge is 2.41. The lowest BCUT2D eigenvalue weighted by molar-refractivity contribution is -0.148. The van der Waals surface area contributed by atoms with Gasteiger partial charge in [-0.15, -0.1) is 0 Å². The molecule has 0 saturated heterocycles. The molecule has 1 unspecified atom stereocenters. The van der Waals surface area contributed by atoms with E-state index in [-0.39, 0.29) is 30.3 Å². The lowest BCUT2D eigenvalue weighted by atomic mass is 9.84. The summed E-state index contributed by atoms with van der Waals surface area (Å²) < 4.78 is 0. The molecule has 0 aromatic rings. The van der Waals surface area contributed by atoms with Crippen LogP contribution in [-0.2, 0) is 9.59 Å². The van der Waals surface area contributed by atoms with E-state index in [1.165, 1.54) is 0 Å². The monoisotopic (exact) mass is 270 g/mol. The van der Waals surface area contributed by atoms with E-state index in [1.54, 1.807) is 0 Å². The van der Waals surface area contributed by atoms with Gasteiger partial charge in [0.15, 0.2) is 0 Å². The minimum Gasteiger partial charge on any atom is -0.481 e. The van der Waals surface area contributed by atoms with Gasteiger partial charge in [0.2, 0.25) is 5.91 Å². The maximum Gasteiger partial charge on any atom is 0.311 e. The average molecular weight is 270 g/mol. The summed E-state index contributed by atoms with van der Waals surface area (Å²) in [5.74, 6) is -0.958. The Balaban J connectivity index is 2.47. The van der Waals surface area contributed by atoms with Crippen LogP contribution in [-0.4, -0.2) is 29.6 Å². The molecule has 0 aromatic carbocycles. The molecule has 0 heterocycles. The van der Waals surface area contributed by atoms with E-state index in [2.05, 4.69) is 5.32 Å². The molecule has 5 nitrogen and oxygen atoms in total. The molecule has 110 valence electrons. The Morgan fingerprint density at radius 2 is 1.84 bits per heavy atom. The van der Waals surface area contributed by atoms with Gasteiger partial charge in [-0.05, 0) is 18.3 Å². The van der Waals surface area contributed by atoms with Crippen LogP contribution >= 0.6 is 0 Å². The molecule has 1 saturated carbocycles. The van der Waals surface area contributed by atoms with Gasteiger partial charge in [-0.3, -0.25) is 9.59 Å². The van der Waals surface area contributed by atoms with E-state index in [1.807, 2.05) is 20.8 Å². The second kappa shape index (κ2) is 5.90. The van der Waals surface area contributed by atoms with Crippen LogP contribution in [0.15, 0.2) is 0 Å². The summed E-state index contributed by atoms with van der Waals surface area (Å²) >= 11 is 0. The average Bonchev–Trinajstić information content (AvgIpc) is 2.75. The van der Waals surface area contributed by atoms with Crippen LogP contribution in [0.2, 0.25) is 0 Å². The highest BCUT2D eigenvalue weighted by molar-refractivity contribution is 5.79. The Labute approximate surface area is 114 Å². The molecule has 0 bridgehead atoms. The summed E-state index contributed by atoms with van der Waals surface area (Å²) in [6.45, 7) is 6.18. The summed E-state index contributed by atoms with van der Waals surface area (Å²) in [5, 5.41) is 12.1. The highest BCUT2D eigenvalue weighted by Crippen LogP contribution is 2.37. The number of nitrogens with two attached hydrogens (primary N) is 1. The molecule has 1 amide bonds. The summed E-state index contributed by atoms with van der Waals surface area (Å²) in [6, 6.07) is -0.225. The van der Waals surface area contributed by atoms with E-state index >= 15 is 0 Å². The van der Waals surface area contributed by atoms with Crippen LogP contribution in [0.5, 0.6) is 0 Å². The number of nitrogens with one attached hydrogen (secondary N) is 1. The minimum absolute atomic E-state index is 0.130. The molecule has 0 aromatic heterocycles. The number of carbonyl (C=O) groups excluding carboxylic acids is 1. The third kappa shape index (κ3) is 4.20. The van der Waals surface area contributed by atoms with Crippen molar-refractivity contribution in [1.29, 1.82) is 0 Å². The smallest absolute Gasteiger partial charge is 0.311 e. The number of hydrogen-bond acceptors (Lipinski definition) is 3. The lowest BCUT2D eigenvalue weighted by Gasteiger charge is -2.28. The lowest BCUT2D eigenvalue weighted by Crippen LogP contribution is -2.44. The van der Waals surface area contributed by atoms with Crippen molar-refractivity contribution >= 4 is 11.9 Å². The molecule has 19 heavy (non-hydrogen) atoms. The van der Waals surface area contributed by atoms with Crippen LogP contribution in [0.1, 0.15) is 52.9 Å². The predicted molar refractivity (Wildman–Crippen MR) is 73.6 cm³/mol. The normalized spacial score (nSPS) is 20.0. The molecule has 1 rings (SSSR count). The van der Waals surface area contributed by atoms with Gasteiger partial charge in [0.25, 0.3) is 0 Å². The van der Waals surface area contributed by atoms with Crippen LogP contribution in [0.4, 0.5) is 0 Å². The van der Waals surface area contributed by atoms with E-state index in [4.69, 9.17) is 5.73 Å². The van der Waals surface area contributed by atoms with Crippen LogP contribution in [0, 0.1) is 10.8 Å². The first-order valence-electron chi connectivity index (χ1n) is 6.93. The number of aliphatic carboxylic acids is 1. The van der Waals surface area contributed by atoms with E-state index in [0.29, 0.717) is 12.8 Å². The van der Waals surface area contributed by atoms with Gasteiger partial charge in [-0.1, -0.05) is 33.6 Å². The Kier molecular flexibility index (Phi) is 4.96. The fraction of sp³-hybridized carbons (Fsp3) is 0.857. The van der Waals surface area contributed by atoms with Crippen LogP contribution in [0.25, 0.3) is 0 Å². The minimum atomic E-state index is -0.801.